The van der Waals surface area contributed by atoms with Crippen LogP contribution in [-0.2, 0) is 32.7 Å². The van der Waals surface area contributed by atoms with Crippen molar-refractivity contribution in [3.63, 3.8) is 0 Å². The van der Waals surface area contributed by atoms with Gasteiger partial charge in [-0.25, -0.2) is 4.79 Å². The van der Waals surface area contributed by atoms with E-state index >= 15 is 0 Å². The molecule has 8 aliphatic rings. The molecule has 3 aromatic carbocycles. The van der Waals surface area contributed by atoms with Gasteiger partial charge in [-0.15, -0.1) is 11.8 Å². The lowest BCUT2D eigenvalue weighted by Gasteiger charge is -2.61. The van der Waals surface area contributed by atoms with Gasteiger partial charge in [0.1, 0.15) is 18.1 Å². The van der Waals surface area contributed by atoms with Gasteiger partial charge in [0.2, 0.25) is 6.79 Å². The lowest BCUT2D eigenvalue weighted by molar-refractivity contribution is -0.159. The number of phenols is 1. The molecule has 12 rings (SSSR count). The molecule has 0 aliphatic carbocycles. The van der Waals surface area contributed by atoms with E-state index in [-0.39, 0.29) is 43.0 Å². The molecular weight excluding hydrogens is 737 g/mol. The van der Waals surface area contributed by atoms with Crippen molar-refractivity contribution in [1.82, 2.24) is 20.1 Å². The fourth-order valence-electron chi connectivity index (χ4n) is 11.1. The average Bonchev–Trinajstić information content (AvgIpc) is 3.76. The number of benzene rings is 3. The van der Waals surface area contributed by atoms with Crippen LogP contribution in [0.25, 0.3) is 10.9 Å². The first kappa shape index (κ1) is 35.8. The highest BCUT2D eigenvalue weighted by atomic mass is 32.2. The standard InChI is InChI=1S/C42H46N4O9S/c1-19-12-22-14-41(4)16-45(5)31(28(22)33(48)34(19)51-7)32-38-30-29(37-36(53-18-54-37)20(2)35(30)55-21(3)47)27(46(32)41)15-52-40(49)42(17-56-38)39-24(10-11-43-42)25-13-23(50-6)8-9-26(25)44-39/h8-9,12-13,27,31-32,38,43-44,48H,10-11,14-18H2,1-7H3/t27?,31-,32+,38+,41?,42+/m0/s1. The van der Waals surface area contributed by atoms with Crippen molar-refractivity contribution in [3.05, 3.63) is 68.9 Å². The number of carbonyl (C=O) groups is 2. The number of piperazine rings is 1. The Balaban J connectivity index is 1.24. The number of esters is 2. The number of thioether (sulfide) groups is 1. The van der Waals surface area contributed by atoms with Crippen LogP contribution in [0.2, 0.25) is 0 Å². The van der Waals surface area contributed by atoms with E-state index in [1.54, 1.807) is 26.0 Å². The zero-order chi connectivity index (χ0) is 39.0. The number of nitrogens with zero attached hydrogens (tertiary/aromatic N) is 2. The van der Waals surface area contributed by atoms with Gasteiger partial charge in [0.25, 0.3) is 0 Å². The number of aryl methyl sites for hydroxylation is 1. The summed E-state index contributed by atoms with van der Waals surface area (Å²) in [4.78, 5) is 36.5. The summed E-state index contributed by atoms with van der Waals surface area (Å²) in [6.07, 6.45) is 1.35. The van der Waals surface area contributed by atoms with E-state index in [4.69, 9.17) is 28.4 Å². The Morgan fingerprint density at radius 3 is 2.62 bits per heavy atom. The maximum atomic E-state index is 15.0. The van der Waals surface area contributed by atoms with Crippen LogP contribution in [-0.4, -0.2) is 96.9 Å². The predicted molar refractivity (Wildman–Crippen MR) is 208 cm³/mol. The number of H-pyrrole nitrogens is 1. The molecule has 0 amide bonds. The summed E-state index contributed by atoms with van der Waals surface area (Å²) in [6, 6.07) is 6.94. The van der Waals surface area contributed by atoms with Gasteiger partial charge in [0.05, 0.1) is 37.2 Å². The molecule has 4 aromatic rings. The number of hydrogen-bond donors (Lipinski definition) is 3. The molecule has 8 aliphatic heterocycles. The molecular formula is C42H46N4O9S. The number of aromatic amines is 1. The summed E-state index contributed by atoms with van der Waals surface area (Å²) >= 11 is 1.64. The monoisotopic (exact) mass is 782 g/mol. The molecule has 2 fully saturated rings. The fourth-order valence-corrected chi connectivity index (χ4v) is 12.8. The minimum atomic E-state index is -1.22. The molecule has 294 valence electrons. The largest absolute Gasteiger partial charge is 0.504 e. The van der Waals surface area contributed by atoms with Crippen LogP contribution >= 0.6 is 11.8 Å². The van der Waals surface area contributed by atoms with Crippen molar-refractivity contribution in [3.8, 4) is 34.5 Å². The van der Waals surface area contributed by atoms with Crippen LogP contribution in [0, 0.1) is 13.8 Å². The van der Waals surface area contributed by atoms with E-state index < -0.39 is 28.3 Å². The first-order chi connectivity index (χ1) is 26.9. The topological polar surface area (TPSA) is 144 Å². The molecule has 0 radical (unpaired) electrons. The quantitative estimate of drug-likeness (QED) is 0.184. The molecule has 0 saturated carbocycles. The second-order valence-electron chi connectivity index (χ2n) is 16.3. The number of aromatic hydroxyl groups is 1. The molecule has 56 heavy (non-hydrogen) atoms. The number of likely N-dealkylation sites (N-methyl/N-ethyl adjacent to an activating group) is 1. The van der Waals surface area contributed by atoms with Gasteiger partial charge in [0, 0.05) is 70.5 Å². The number of phenolic OH excluding ortho intramolecular Hbond substituents is 1. The van der Waals surface area contributed by atoms with Crippen molar-refractivity contribution in [2.24, 2.45) is 0 Å². The number of carbonyl (C=O) groups excluding carboxylic acids is 2. The highest BCUT2D eigenvalue weighted by Gasteiger charge is 2.62. The van der Waals surface area contributed by atoms with E-state index in [1.807, 2.05) is 32.0 Å². The van der Waals surface area contributed by atoms with Crippen LogP contribution in [0.1, 0.15) is 75.8 Å². The Labute approximate surface area is 328 Å². The third-order valence-corrected chi connectivity index (χ3v) is 14.6. The average molecular weight is 783 g/mol. The number of methoxy groups -OCH3 is 2. The highest BCUT2D eigenvalue weighted by Crippen LogP contribution is 2.65. The summed E-state index contributed by atoms with van der Waals surface area (Å²) in [5.41, 5.74) is 6.10. The molecule has 4 bridgehead atoms. The van der Waals surface area contributed by atoms with Crippen LogP contribution < -0.4 is 29.0 Å². The minimum Gasteiger partial charge on any atom is -0.504 e. The number of fused-ring (bicyclic) bond motifs is 8. The highest BCUT2D eigenvalue weighted by molar-refractivity contribution is 7.99. The lowest BCUT2D eigenvalue weighted by Crippen LogP contribution is -2.69. The van der Waals surface area contributed by atoms with Crippen LogP contribution in [0.5, 0.6) is 34.5 Å². The molecule has 9 heterocycles. The Bertz CT molecular complexity index is 2380. The normalized spacial score (nSPS) is 29.9. The first-order valence-corrected chi connectivity index (χ1v) is 20.2. The van der Waals surface area contributed by atoms with Crippen molar-refractivity contribution in [2.75, 3.05) is 53.5 Å². The molecule has 1 aromatic heterocycles. The van der Waals surface area contributed by atoms with Crippen LogP contribution in [0.15, 0.2) is 24.3 Å². The Hall–Kier alpha value is -4.63. The second-order valence-corrected chi connectivity index (χ2v) is 17.5. The third kappa shape index (κ3) is 4.72. The molecule has 13 nitrogen and oxygen atoms in total. The van der Waals surface area contributed by atoms with Gasteiger partial charge in [0.15, 0.2) is 28.5 Å². The summed E-state index contributed by atoms with van der Waals surface area (Å²) in [7, 11) is 5.36. The van der Waals surface area contributed by atoms with E-state index in [2.05, 4.69) is 40.1 Å². The first-order valence-electron chi connectivity index (χ1n) is 19.2. The Kier molecular flexibility index (Phi) is 7.94. The third-order valence-electron chi connectivity index (χ3n) is 13.1. The predicted octanol–water partition coefficient (Wildman–Crippen LogP) is 5.26. The smallest absolute Gasteiger partial charge is 0.333 e. The van der Waals surface area contributed by atoms with Crippen LogP contribution in [0.3, 0.4) is 0 Å². The van der Waals surface area contributed by atoms with E-state index in [9.17, 15) is 14.7 Å². The minimum absolute atomic E-state index is 0.00159. The molecule has 14 heteroatoms. The second kappa shape index (κ2) is 12.4. The van der Waals surface area contributed by atoms with Crippen molar-refractivity contribution in [1.29, 1.82) is 0 Å². The van der Waals surface area contributed by atoms with Crippen LogP contribution in [0.4, 0.5) is 0 Å². The maximum absolute atomic E-state index is 15.0. The number of aromatic nitrogens is 1. The molecule has 3 unspecified atom stereocenters. The number of ether oxygens (including phenoxy) is 6. The summed E-state index contributed by atoms with van der Waals surface area (Å²) < 4.78 is 36.7. The van der Waals surface area contributed by atoms with E-state index in [0.717, 1.165) is 62.1 Å². The van der Waals surface area contributed by atoms with Gasteiger partial charge in [-0.1, -0.05) is 6.07 Å². The van der Waals surface area contributed by atoms with Gasteiger partial charge >= 0.3 is 11.9 Å². The maximum Gasteiger partial charge on any atom is 0.333 e. The zero-order valence-electron chi connectivity index (χ0n) is 32.6. The van der Waals surface area contributed by atoms with Crippen molar-refractivity contribution < 1.29 is 43.1 Å². The Morgan fingerprint density at radius 2 is 1.86 bits per heavy atom. The number of hydrogen-bond acceptors (Lipinski definition) is 13. The summed E-state index contributed by atoms with van der Waals surface area (Å²) in [5, 5.41) is 16.4. The number of rotatable bonds is 3. The Morgan fingerprint density at radius 1 is 1.05 bits per heavy atom. The summed E-state index contributed by atoms with van der Waals surface area (Å²) in [6.45, 7) is 8.80. The van der Waals surface area contributed by atoms with Gasteiger partial charge in [-0.2, -0.15) is 0 Å². The van der Waals surface area contributed by atoms with Crippen molar-refractivity contribution >= 4 is 34.6 Å². The van der Waals surface area contributed by atoms with E-state index in [1.165, 1.54) is 6.92 Å². The number of nitrogens with one attached hydrogen (secondary N) is 2. The zero-order valence-corrected chi connectivity index (χ0v) is 33.4. The summed E-state index contributed by atoms with van der Waals surface area (Å²) in [5.74, 6) is 2.38. The SMILES string of the molecule is COc1ccc2[nH]c3c(c2c1)CCN[C@]31CS[C@@H]2c3c(OC(C)=O)c(C)c4c(c3C(COC1=O)N1[C@@H]2[C@@H]2c3c(cc(C)c(OC)c3O)CC1(C)CN2C)OCO4. The molecule has 1 spiro atoms. The van der Waals surface area contributed by atoms with E-state index in [0.29, 0.717) is 48.1 Å². The van der Waals surface area contributed by atoms with Gasteiger partial charge in [-0.3, -0.25) is 19.9 Å². The van der Waals surface area contributed by atoms with Crippen molar-refractivity contribution in [2.45, 2.75) is 75.0 Å². The molecule has 7 atom stereocenters. The molecule has 3 N–H and O–H groups in total. The molecule has 2 saturated heterocycles. The fraction of sp³-hybridized carbons (Fsp3) is 0.476. The van der Waals surface area contributed by atoms with Gasteiger partial charge in [-0.05, 0) is 75.5 Å². The van der Waals surface area contributed by atoms with Gasteiger partial charge < -0.3 is 38.5 Å². The lowest BCUT2D eigenvalue weighted by atomic mass is 9.76.